The van der Waals surface area contributed by atoms with Crippen molar-refractivity contribution in [2.75, 3.05) is 38.6 Å². The van der Waals surface area contributed by atoms with Crippen LogP contribution in [-0.2, 0) is 0 Å². The van der Waals surface area contributed by atoms with Crippen LogP contribution in [0.4, 0.5) is 0 Å². The summed E-state index contributed by atoms with van der Waals surface area (Å²) in [5.74, 6) is 0.776. The van der Waals surface area contributed by atoms with Gasteiger partial charge in [0.2, 0.25) is 0 Å². The number of piperazine rings is 1. The van der Waals surface area contributed by atoms with Crippen LogP contribution in [0.15, 0.2) is 5.51 Å². The van der Waals surface area contributed by atoms with Crippen molar-refractivity contribution in [2.45, 2.75) is 6.92 Å². The zero-order chi connectivity index (χ0) is 12.3. The molecule has 1 aliphatic heterocycles. The molecular formula is C11H16ClN3OS. The van der Waals surface area contributed by atoms with E-state index in [2.05, 4.69) is 9.88 Å². The van der Waals surface area contributed by atoms with E-state index in [1.54, 1.807) is 5.51 Å². The zero-order valence-electron chi connectivity index (χ0n) is 9.86. The van der Waals surface area contributed by atoms with Crippen molar-refractivity contribution in [2.24, 2.45) is 0 Å². The Hall–Kier alpha value is -0.650. The summed E-state index contributed by atoms with van der Waals surface area (Å²) in [6, 6.07) is 0. The van der Waals surface area contributed by atoms with Gasteiger partial charge in [-0.3, -0.25) is 9.69 Å². The molecule has 0 unspecified atom stereocenters. The first-order valence-corrected chi connectivity index (χ1v) is 7.11. The van der Waals surface area contributed by atoms with E-state index in [0.717, 1.165) is 43.3 Å². The van der Waals surface area contributed by atoms with Crippen LogP contribution < -0.4 is 0 Å². The van der Waals surface area contributed by atoms with Gasteiger partial charge in [0, 0.05) is 38.6 Å². The number of hydrogen-bond acceptors (Lipinski definition) is 4. The number of carbonyl (C=O) groups is 1. The molecule has 0 aromatic carbocycles. The van der Waals surface area contributed by atoms with Crippen molar-refractivity contribution in [3.63, 3.8) is 0 Å². The van der Waals surface area contributed by atoms with E-state index in [1.807, 2.05) is 11.8 Å². The summed E-state index contributed by atoms with van der Waals surface area (Å²) < 4.78 is 0. The predicted molar refractivity (Wildman–Crippen MR) is 69.9 cm³/mol. The first-order valence-electron chi connectivity index (χ1n) is 5.70. The van der Waals surface area contributed by atoms with Crippen LogP contribution in [0.3, 0.4) is 0 Å². The normalized spacial score (nSPS) is 17.4. The molecule has 94 valence electrons. The summed E-state index contributed by atoms with van der Waals surface area (Å²) in [7, 11) is 0. The lowest BCUT2D eigenvalue weighted by atomic mass is 10.3. The summed E-state index contributed by atoms with van der Waals surface area (Å²) in [5, 5.41) is 0. The molecule has 1 aromatic heterocycles. The molecular weight excluding hydrogens is 258 g/mol. The second kappa shape index (κ2) is 5.80. The number of aromatic nitrogens is 1. The molecule has 0 saturated carbocycles. The number of nitrogens with zero attached hydrogens (tertiary/aromatic N) is 3. The molecule has 1 aliphatic rings. The molecule has 2 heterocycles. The Bertz CT molecular complexity index is 388. The topological polar surface area (TPSA) is 36.4 Å². The molecule has 0 bridgehead atoms. The van der Waals surface area contributed by atoms with Gasteiger partial charge in [-0.05, 0) is 6.92 Å². The fourth-order valence-corrected chi connectivity index (χ4v) is 2.95. The Labute approximate surface area is 110 Å². The van der Waals surface area contributed by atoms with E-state index in [1.165, 1.54) is 11.3 Å². The van der Waals surface area contributed by atoms with E-state index in [9.17, 15) is 4.79 Å². The number of hydrogen-bond donors (Lipinski definition) is 0. The molecule has 0 atom stereocenters. The minimum Gasteiger partial charge on any atom is -0.335 e. The largest absolute Gasteiger partial charge is 0.335 e. The molecule has 0 radical (unpaired) electrons. The quantitative estimate of drug-likeness (QED) is 0.782. The summed E-state index contributed by atoms with van der Waals surface area (Å²) in [5.41, 5.74) is 2.56. The first-order chi connectivity index (χ1) is 8.22. The Morgan fingerprint density at radius 2 is 2.18 bits per heavy atom. The fraction of sp³-hybridized carbons (Fsp3) is 0.636. The second-order valence-corrected chi connectivity index (χ2v) is 5.32. The predicted octanol–water partition coefficient (Wildman–Crippen LogP) is 1.45. The minimum absolute atomic E-state index is 0.121. The Balaban J connectivity index is 1.93. The van der Waals surface area contributed by atoms with Gasteiger partial charge in [-0.2, -0.15) is 0 Å². The third kappa shape index (κ3) is 2.97. The third-order valence-corrected chi connectivity index (χ3v) is 4.09. The second-order valence-electron chi connectivity index (χ2n) is 4.09. The highest BCUT2D eigenvalue weighted by molar-refractivity contribution is 7.11. The van der Waals surface area contributed by atoms with Crippen LogP contribution in [0.2, 0.25) is 0 Å². The van der Waals surface area contributed by atoms with Gasteiger partial charge in [-0.25, -0.2) is 4.98 Å². The highest BCUT2D eigenvalue weighted by Gasteiger charge is 2.23. The number of carbonyl (C=O) groups excluding carboxylic acids is 1. The Morgan fingerprint density at radius 1 is 1.47 bits per heavy atom. The Morgan fingerprint density at radius 3 is 2.71 bits per heavy atom. The van der Waals surface area contributed by atoms with Crippen molar-refractivity contribution >= 4 is 28.8 Å². The van der Waals surface area contributed by atoms with Gasteiger partial charge in [0.05, 0.1) is 11.2 Å². The van der Waals surface area contributed by atoms with Crippen LogP contribution in [0.1, 0.15) is 15.4 Å². The van der Waals surface area contributed by atoms with Crippen LogP contribution in [0, 0.1) is 6.92 Å². The molecule has 0 spiro atoms. The third-order valence-electron chi connectivity index (χ3n) is 3.00. The first kappa shape index (κ1) is 12.8. The molecule has 0 N–H and O–H groups in total. The van der Waals surface area contributed by atoms with Crippen molar-refractivity contribution in [1.29, 1.82) is 0 Å². The van der Waals surface area contributed by atoms with Gasteiger partial charge >= 0.3 is 0 Å². The van der Waals surface area contributed by atoms with Gasteiger partial charge in [-0.1, -0.05) is 0 Å². The van der Waals surface area contributed by atoms with Gasteiger partial charge < -0.3 is 4.90 Å². The number of aryl methyl sites for hydroxylation is 1. The average molecular weight is 274 g/mol. The van der Waals surface area contributed by atoms with Crippen molar-refractivity contribution < 1.29 is 4.79 Å². The van der Waals surface area contributed by atoms with Crippen LogP contribution in [0.5, 0.6) is 0 Å². The molecule has 1 saturated heterocycles. The molecule has 6 heteroatoms. The maximum Gasteiger partial charge on any atom is 0.265 e. The lowest BCUT2D eigenvalue weighted by molar-refractivity contribution is 0.0648. The highest BCUT2D eigenvalue weighted by Crippen LogP contribution is 2.16. The number of alkyl halides is 1. The standard InChI is InChI=1S/C11H16ClN3OS/c1-9-10(17-8-13-9)11(16)15-6-4-14(3-2-12)5-7-15/h8H,2-7H2,1H3. The maximum absolute atomic E-state index is 12.2. The maximum atomic E-state index is 12.2. The highest BCUT2D eigenvalue weighted by atomic mass is 35.5. The summed E-state index contributed by atoms with van der Waals surface area (Å²) in [6.07, 6.45) is 0. The number of halogens is 1. The number of thiazole rings is 1. The Kier molecular flexibility index (Phi) is 4.36. The number of rotatable bonds is 3. The minimum atomic E-state index is 0.121. The smallest absolute Gasteiger partial charge is 0.265 e. The molecule has 4 nitrogen and oxygen atoms in total. The summed E-state index contributed by atoms with van der Waals surface area (Å²) >= 11 is 7.13. The number of amides is 1. The van der Waals surface area contributed by atoms with Crippen molar-refractivity contribution in [3.05, 3.63) is 16.1 Å². The molecule has 0 aliphatic carbocycles. The van der Waals surface area contributed by atoms with Gasteiger partial charge in [0.1, 0.15) is 4.88 Å². The van der Waals surface area contributed by atoms with E-state index in [0.29, 0.717) is 5.88 Å². The summed E-state index contributed by atoms with van der Waals surface area (Å²) in [4.78, 5) is 21.3. The van der Waals surface area contributed by atoms with Crippen molar-refractivity contribution in [3.8, 4) is 0 Å². The van der Waals surface area contributed by atoms with Gasteiger partial charge in [0.25, 0.3) is 5.91 Å². The lowest BCUT2D eigenvalue weighted by Gasteiger charge is -2.34. The molecule has 2 rings (SSSR count). The van der Waals surface area contributed by atoms with E-state index in [-0.39, 0.29) is 5.91 Å². The molecule has 1 fully saturated rings. The van der Waals surface area contributed by atoms with Gasteiger partial charge in [-0.15, -0.1) is 22.9 Å². The van der Waals surface area contributed by atoms with Crippen molar-refractivity contribution in [1.82, 2.24) is 14.8 Å². The molecule has 1 amide bonds. The zero-order valence-corrected chi connectivity index (χ0v) is 11.4. The van der Waals surface area contributed by atoms with E-state index in [4.69, 9.17) is 11.6 Å². The summed E-state index contributed by atoms with van der Waals surface area (Å²) in [6.45, 7) is 6.18. The van der Waals surface area contributed by atoms with E-state index >= 15 is 0 Å². The molecule has 17 heavy (non-hydrogen) atoms. The SMILES string of the molecule is Cc1ncsc1C(=O)N1CCN(CCCl)CC1. The lowest BCUT2D eigenvalue weighted by Crippen LogP contribution is -2.49. The van der Waals surface area contributed by atoms with Gasteiger partial charge in [0.15, 0.2) is 0 Å². The average Bonchev–Trinajstić information content (AvgIpc) is 2.76. The van der Waals surface area contributed by atoms with E-state index < -0.39 is 0 Å². The fourth-order valence-electron chi connectivity index (χ4n) is 1.94. The van der Waals surface area contributed by atoms with Crippen LogP contribution in [-0.4, -0.2) is 59.3 Å². The van der Waals surface area contributed by atoms with Crippen LogP contribution in [0.25, 0.3) is 0 Å². The molecule has 1 aromatic rings. The monoisotopic (exact) mass is 273 g/mol. The van der Waals surface area contributed by atoms with Crippen LogP contribution >= 0.6 is 22.9 Å².